The van der Waals surface area contributed by atoms with Gasteiger partial charge in [-0.3, -0.25) is 4.79 Å². The number of hydrogen-bond donors (Lipinski definition) is 1. The van der Waals surface area contributed by atoms with Crippen LogP contribution in [0.1, 0.15) is 0 Å². The zero-order chi connectivity index (χ0) is 10.1. The average Bonchev–Trinajstić information content (AvgIpc) is 2.18. The largest absolute Gasteiger partial charge is 0.378 e. The number of anilines is 1. The van der Waals surface area contributed by atoms with E-state index in [2.05, 4.69) is 9.97 Å². The topological polar surface area (TPSA) is 49.0 Å². The molecule has 0 aliphatic carbocycles. The smallest absolute Gasteiger partial charge is 0.258 e. The number of fused-ring (bicyclic) bond motifs is 1. The van der Waals surface area contributed by atoms with Gasteiger partial charge in [-0.15, -0.1) is 0 Å². The molecule has 0 radical (unpaired) electrons. The van der Waals surface area contributed by atoms with Crippen molar-refractivity contribution in [2.45, 2.75) is 0 Å². The van der Waals surface area contributed by atoms with Gasteiger partial charge in [0.25, 0.3) is 5.56 Å². The van der Waals surface area contributed by atoms with Gasteiger partial charge in [0, 0.05) is 19.8 Å². The Bertz CT molecular complexity index is 516. The van der Waals surface area contributed by atoms with Gasteiger partial charge in [0.15, 0.2) is 0 Å². The maximum Gasteiger partial charge on any atom is 0.258 e. The number of aromatic nitrogens is 2. The highest BCUT2D eigenvalue weighted by Crippen LogP contribution is 2.15. The van der Waals surface area contributed by atoms with Crippen molar-refractivity contribution in [3.8, 4) is 0 Å². The number of benzene rings is 1. The lowest BCUT2D eigenvalue weighted by Gasteiger charge is -2.12. The lowest BCUT2D eigenvalue weighted by molar-refractivity contribution is 1.13. The molecule has 0 unspecified atom stereocenters. The summed E-state index contributed by atoms with van der Waals surface area (Å²) in [7, 11) is 3.87. The average molecular weight is 189 g/mol. The van der Waals surface area contributed by atoms with Crippen molar-refractivity contribution < 1.29 is 0 Å². The summed E-state index contributed by atoms with van der Waals surface area (Å²) in [5, 5.41) is 0.624. The van der Waals surface area contributed by atoms with Crippen LogP contribution in [0.5, 0.6) is 0 Å². The highest BCUT2D eigenvalue weighted by Gasteiger charge is 2.01. The van der Waals surface area contributed by atoms with Crippen LogP contribution in [-0.2, 0) is 0 Å². The second kappa shape index (κ2) is 3.14. The predicted molar refractivity (Wildman–Crippen MR) is 56.7 cm³/mol. The Morgan fingerprint density at radius 2 is 2.14 bits per heavy atom. The minimum Gasteiger partial charge on any atom is -0.378 e. The molecule has 0 atom stereocenters. The molecule has 1 heterocycles. The lowest BCUT2D eigenvalue weighted by atomic mass is 10.2. The van der Waals surface area contributed by atoms with Gasteiger partial charge in [-0.25, -0.2) is 4.98 Å². The van der Waals surface area contributed by atoms with Crippen LogP contribution in [0.15, 0.2) is 29.3 Å². The van der Waals surface area contributed by atoms with Gasteiger partial charge in [-0.05, 0) is 18.2 Å². The summed E-state index contributed by atoms with van der Waals surface area (Å²) in [6, 6.07) is 5.62. The van der Waals surface area contributed by atoms with Gasteiger partial charge in [0.05, 0.1) is 17.2 Å². The van der Waals surface area contributed by atoms with E-state index in [4.69, 9.17) is 0 Å². The minimum atomic E-state index is -0.0984. The first-order valence-corrected chi connectivity index (χ1v) is 4.33. The summed E-state index contributed by atoms with van der Waals surface area (Å²) in [5.41, 5.74) is 1.62. The van der Waals surface area contributed by atoms with Crippen molar-refractivity contribution >= 4 is 16.6 Å². The Balaban J connectivity index is 2.76. The van der Waals surface area contributed by atoms with Crippen LogP contribution in [0.2, 0.25) is 0 Å². The van der Waals surface area contributed by atoms with E-state index in [0.717, 1.165) is 11.2 Å². The molecule has 0 fully saturated rings. The summed E-state index contributed by atoms with van der Waals surface area (Å²) < 4.78 is 0. The van der Waals surface area contributed by atoms with E-state index in [1.54, 1.807) is 0 Å². The molecule has 0 bridgehead atoms. The van der Waals surface area contributed by atoms with E-state index in [0.29, 0.717) is 5.39 Å². The van der Waals surface area contributed by atoms with Gasteiger partial charge in [-0.2, -0.15) is 0 Å². The fourth-order valence-electron chi connectivity index (χ4n) is 1.33. The monoisotopic (exact) mass is 189 g/mol. The fraction of sp³-hybridized carbons (Fsp3) is 0.200. The minimum absolute atomic E-state index is 0.0984. The first-order chi connectivity index (χ1) is 6.68. The van der Waals surface area contributed by atoms with E-state index >= 15 is 0 Å². The second-order valence-electron chi connectivity index (χ2n) is 3.33. The molecular formula is C10H11N3O. The van der Waals surface area contributed by atoms with Crippen molar-refractivity contribution in [2.24, 2.45) is 0 Å². The summed E-state index contributed by atoms with van der Waals surface area (Å²) in [6.07, 6.45) is 1.42. The molecule has 0 aliphatic rings. The van der Waals surface area contributed by atoms with E-state index in [9.17, 15) is 4.79 Å². The van der Waals surface area contributed by atoms with Crippen molar-refractivity contribution in [1.82, 2.24) is 9.97 Å². The summed E-state index contributed by atoms with van der Waals surface area (Å²) in [6.45, 7) is 0. The van der Waals surface area contributed by atoms with Crippen LogP contribution < -0.4 is 10.5 Å². The molecule has 0 aliphatic heterocycles. The third-order valence-electron chi connectivity index (χ3n) is 2.14. The molecule has 0 saturated heterocycles. The molecule has 2 rings (SSSR count). The Kier molecular flexibility index (Phi) is 1.96. The zero-order valence-corrected chi connectivity index (χ0v) is 8.11. The van der Waals surface area contributed by atoms with Crippen molar-refractivity contribution in [3.05, 3.63) is 34.9 Å². The van der Waals surface area contributed by atoms with Crippen LogP contribution in [0.4, 0.5) is 5.69 Å². The first-order valence-electron chi connectivity index (χ1n) is 4.33. The maximum atomic E-state index is 11.4. The zero-order valence-electron chi connectivity index (χ0n) is 8.11. The molecule has 72 valence electrons. The number of nitrogens with one attached hydrogen (secondary N) is 1. The number of nitrogens with zero attached hydrogens (tertiary/aromatic N) is 2. The van der Waals surface area contributed by atoms with Crippen molar-refractivity contribution in [1.29, 1.82) is 0 Å². The third kappa shape index (κ3) is 1.35. The van der Waals surface area contributed by atoms with Crippen LogP contribution in [-0.4, -0.2) is 24.1 Å². The first kappa shape index (κ1) is 8.74. The third-order valence-corrected chi connectivity index (χ3v) is 2.14. The standard InChI is InChI=1S/C10H11N3O/c1-13(2)7-3-4-9-8(5-7)10(14)12-6-11-9/h3-6H,1-2H3,(H,11,12,14). The molecule has 4 heteroatoms. The highest BCUT2D eigenvalue weighted by molar-refractivity contribution is 5.81. The van der Waals surface area contributed by atoms with Gasteiger partial charge < -0.3 is 9.88 Å². The normalized spacial score (nSPS) is 10.4. The van der Waals surface area contributed by atoms with Crippen LogP contribution in [0.25, 0.3) is 10.9 Å². The van der Waals surface area contributed by atoms with Gasteiger partial charge in [0.1, 0.15) is 0 Å². The number of rotatable bonds is 1. The molecule has 4 nitrogen and oxygen atoms in total. The number of H-pyrrole nitrogens is 1. The van der Waals surface area contributed by atoms with E-state index < -0.39 is 0 Å². The molecule has 0 spiro atoms. The molecular weight excluding hydrogens is 178 g/mol. The van der Waals surface area contributed by atoms with Crippen LogP contribution in [0.3, 0.4) is 0 Å². The van der Waals surface area contributed by atoms with Crippen LogP contribution in [0, 0.1) is 0 Å². The van der Waals surface area contributed by atoms with Crippen LogP contribution >= 0.6 is 0 Å². The fourth-order valence-corrected chi connectivity index (χ4v) is 1.33. The molecule has 1 aromatic carbocycles. The highest BCUT2D eigenvalue weighted by atomic mass is 16.1. The Morgan fingerprint density at radius 3 is 2.86 bits per heavy atom. The predicted octanol–water partition coefficient (Wildman–Crippen LogP) is 0.989. The van der Waals surface area contributed by atoms with Crippen molar-refractivity contribution in [3.63, 3.8) is 0 Å². The van der Waals surface area contributed by atoms with Crippen molar-refractivity contribution in [2.75, 3.05) is 19.0 Å². The van der Waals surface area contributed by atoms with Gasteiger partial charge >= 0.3 is 0 Å². The number of hydrogen-bond acceptors (Lipinski definition) is 3. The summed E-state index contributed by atoms with van der Waals surface area (Å²) in [5.74, 6) is 0. The van der Waals surface area contributed by atoms with E-state index in [-0.39, 0.29) is 5.56 Å². The quantitative estimate of drug-likeness (QED) is 0.727. The summed E-state index contributed by atoms with van der Waals surface area (Å²) in [4.78, 5) is 20.0. The maximum absolute atomic E-state index is 11.4. The second-order valence-corrected chi connectivity index (χ2v) is 3.33. The molecule has 1 N–H and O–H groups in total. The Morgan fingerprint density at radius 1 is 1.36 bits per heavy atom. The SMILES string of the molecule is CN(C)c1ccc2nc[nH]c(=O)c2c1. The van der Waals surface area contributed by atoms with Gasteiger partial charge in [-0.1, -0.05) is 0 Å². The molecule has 2 aromatic rings. The number of aromatic amines is 1. The lowest BCUT2D eigenvalue weighted by Crippen LogP contribution is -2.11. The molecule has 1 aromatic heterocycles. The Hall–Kier alpha value is -1.84. The molecule has 0 amide bonds. The summed E-state index contributed by atoms with van der Waals surface area (Å²) >= 11 is 0. The van der Waals surface area contributed by atoms with E-state index in [1.165, 1.54) is 6.33 Å². The van der Waals surface area contributed by atoms with E-state index in [1.807, 2.05) is 37.2 Å². The van der Waals surface area contributed by atoms with Gasteiger partial charge in [0.2, 0.25) is 0 Å². The molecule has 0 saturated carbocycles. The Labute approximate surface area is 81.2 Å². The molecule has 14 heavy (non-hydrogen) atoms.